The average Bonchev–Trinajstić information content (AvgIpc) is 2.96. The molecule has 0 fully saturated rings. The third kappa shape index (κ3) is 3.19. The quantitative estimate of drug-likeness (QED) is 0.941. The zero-order chi connectivity index (χ0) is 15.5. The molecule has 1 amide bonds. The number of hydrogen-bond donors (Lipinski definition) is 1. The molecule has 0 saturated heterocycles. The summed E-state index contributed by atoms with van der Waals surface area (Å²) in [6, 6.07) is 10.2. The van der Waals surface area contributed by atoms with Gasteiger partial charge in [-0.2, -0.15) is 0 Å². The first-order chi connectivity index (χ1) is 10.6. The largest absolute Gasteiger partial charge is 0.454 e. The molecule has 0 unspecified atom stereocenters. The Kier molecular flexibility index (Phi) is 3.96. The molecule has 0 aliphatic carbocycles. The zero-order valence-electron chi connectivity index (χ0n) is 12.2. The first-order valence-corrected chi connectivity index (χ1v) is 7.06. The number of carbonyl (C=O) groups is 1. The minimum Gasteiger partial charge on any atom is -0.454 e. The Labute approximate surface area is 127 Å². The van der Waals surface area contributed by atoms with Gasteiger partial charge in [0.15, 0.2) is 11.5 Å². The molecule has 2 aromatic carbocycles. The van der Waals surface area contributed by atoms with Crippen molar-refractivity contribution in [3.63, 3.8) is 0 Å². The van der Waals surface area contributed by atoms with E-state index in [1.54, 1.807) is 12.1 Å². The summed E-state index contributed by atoms with van der Waals surface area (Å²) in [7, 11) is 0. The van der Waals surface area contributed by atoms with E-state index in [0.717, 1.165) is 16.9 Å². The number of anilines is 1. The molecule has 0 spiro atoms. The zero-order valence-corrected chi connectivity index (χ0v) is 12.2. The van der Waals surface area contributed by atoms with Crippen LogP contribution in [0.2, 0.25) is 0 Å². The van der Waals surface area contributed by atoms with Gasteiger partial charge in [-0.3, -0.25) is 4.79 Å². The standard InChI is InChI=1S/C17H16FNO3/c1-11-2-5-13(18)14(8-11)19-17(20)7-4-12-3-6-15-16(9-12)22-10-21-15/h2-3,5-6,8-9H,4,7,10H2,1H3,(H,19,20). The Balaban J connectivity index is 1.59. The lowest BCUT2D eigenvalue weighted by molar-refractivity contribution is -0.116. The lowest BCUT2D eigenvalue weighted by atomic mass is 10.1. The third-order valence-electron chi connectivity index (χ3n) is 3.47. The third-order valence-corrected chi connectivity index (χ3v) is 3.47. The van der Waals surface area contributed by atoms with Crippen molar-refractivity contribution in [3.05, 3.63) is 53.3 Å². The molecule has 4 nitrogen and oxygen atoms in total. The Morgan fingerprint density at radius 1 is 1.18 bits per heavy atom. The van der Waals surface area contributed by atoms with E-state index in [1.807, 2.05) is 25.1 Å². The first-order valence-electron chi connectivity index (χ1n) is 7.06. The molecule has 0 saturated carbocycles. The molecule has 3 rings (SSSR count). The molecule has 0 radical (unpaired) electrons. The summed E-state index contributed by atoms with van der Waals surface area (Å²) in [5, 5.41) is 2.60. The molecule has 1 heterocycles. The summed E-state index contributed by atoms with van der Waals surface area (Å²) >= 11 is 0. The number of carbonyl (C=O) groups excluding carboxylic acids is 1. The van der Waals surface area contributed by atoms with Crippen LogP contribution in [0.25, 0.3) is 0 Å². The maximum absolute atomic E-state index is 13.6. The second-order valence-corrected chi connectivity index (χ2v) is 5.22. The van der Waals surface area contributed by atoms with Crippen LogP contribution in [0.15, 0.2) is 36.4 Å². The van der Waals surface area contributed by atoms with Gasteiger partial charge in [-0.05, 0) is 48.7 Å². The van der Waals surface area contributed by atoms with Crippen LogP contribution >= 0.6 is 0 Å². The van der Waals surface area contributed by atoms with E-state index in [2.05, 4.69) is 5.32 Å². The lowest BCUT2D eigenvalue weighted by Gasteiger charge is -2.08. The van der Waals surface area contributed by atoms with Gasteiger partial charge in [-0.25, -0.2) is 4.39 Å². The van der Waals surface area contributed by atoms with Gasteiger partial charge in [0.2, 0.25) is 12.7 Å². The van der Waals surface area contributed by atoms with Gasteiger partial charge in [-0.15, -0.1) is 0 Å². The number of aryl methyl sites for hydroxylation is 2. The summed E-state index contributed by atoms with van der Waals surface area (Å²) in [5.74, 6) is 0.766. The van der Waals surface area contributed by atoms with E-state index in [1.165, 1.54) is 6.07 Å². The Bertz CT molecular complexity index is 715. The second-order valence-electron chi connectivity index (χ2n) is 5.22. The van der Waals surface area contributed by atoms with E-state index < -0.39 is 5.82 Å². The van der Waals surface area contributed by atoms with Crippen LogP contribution in [-0.2, 0) is 11.2 Å². The van der Waals surface area contributed by atoms with Crippen LogP contribution in [0.4, 0.5) is 10.1 Å². The highest BCUT2D eigenvalue weighted by atomic mass is 19.1. The SMILES string of the molecule is Cc1ccc(F)c(NC(=O)CCc2ccc3c(c2)OCO3)c1. The molecule has 22 heavy (non-hydrogen) atoms. The van der Waals surface area contributed by atoms with Crippen molar-refractivity contribution in [3.8, 4) is 11.5 Å². The lowest BCUT2D eigenvalue weighted by Crippen LogP contribution is -2.13. The predicted molar refractivity (Wildman–Crippen MR) is 80.7 cm³/mol. The van der Waals surface area contributed by atoms with E-state index >= 15 is 0 Å². The van der Waals surface area contributed by atoms with Crippen LogP contribution in [-0.4, -0.2) is 12.7 Å². The van der Waals surface area contributed by atoms with E-state index in [-0.39, 0.29) is 24.8 Å². The van der Waals surface area contributed by atoms with Gasteiger partial charge in [0.1, 0.15) is 5.82 Å². The number of halogens is 1. The summed E-state index contributed by atoms with van der Waals surface area (Å²) in [6.07, 6.45) is 0.822. The number of fused-ring (bicyclic) bond motifs is 1. The van der Waals surface area contributed by atoms with Gasteiger partial charge in [0.05, 0.1) is 5.69 Å². The maximum Gasteiger partial charge on any atom is 0.231 e. The topological polar surface area (TPSA) is 47.6 Å². The van der Waals surface area contributed by atoms with Gasteiger partial charge in [0.25, 0.3) is 0 Å². The van der Waals surface area contributed by atoms with Crippen LogP contribution in [0, 0.1) is 12.7 Å². The van der Waals surface area contributed by atoms with Crippen molar-refractivity contribution < 1.29 is 18.7 Å². The molecular formula is C17H16FNO3. The first kappa shape index (κ1) is 14.4. The van der Waals surface area contributed by atoms with Crippen molar-refractivity contribution in [1.82, 2.24) is 0 Å². The van der Waals surface area contributed by atoms with Crippen LogP contribution in [0.5, 0.6) is 11.5 Å². The second kappa shape index (κ2) is 6.05. The molecule has 1 N–H and O–H groups in total. The fourth-order valence-electron chi connectivity index (χ4n) is 2.30. The van der Waals surface area contributed by atoms with Crippen molar-refractivity contribution in [1.29, 1.82) is 0 Å². The summed E-state index contributed by atoms with van der Waals surface area (Å²) in [4.78, 5) is 11.9. The smallest absolute Gasteiger partial charge is 0.231 e. The van der Waals surface area contributed by atoms with Crippen LogP contribution < -0.4 is 14.8 Å². The monoisotopic (exact) mass is 301 g/mol. The van der Waals surface area contributed by atoms with Crippen molar-refractivity contribution >= 4 is 11.6 Å². The molecule has 0 bridgehead atoms. The van der Waals surface area contributed by atoms with Gasteiger partial charge < -0.3 is 14.8 Å². The number of nitrogens with one attached hydrogen (secondary N) is 1. The number of ether oxygens (including phenoxy) is 2. The predicted octanol–water partition coefficient (Wildman–Crippen LogP) is 3.43. The molecule has 0 atom stereocenters. The van der Waals surface area contributed by atoms with Gasteiger partial charge in [-0.1, -0.05) is 12.1 Å². The molecule has 114 valence electrons. The summed E-state index contributed by atoms with van der Waals surface area (Å²) < 4.78 is 24.1. The number of rotatable bonds is 4. The van der Waals surface area contributed by atoms with Gasteiger partial charge in [0, 0.05) is 6.42 Å². The normalized spacial score (nSPS) is 12.3. The van der Waals surface area contributed by atoms with E-state index in [4.69, 9.17) is 9.47 Å². The number of amides is 1. The highest BCUT2D eigenvalue weighted by molar-refractivity contribution is 5.91. The highest BCUT2D eigenvalue weighted by Gasteiger charge is 2.14. The van der Waals surface area contributed by atoms with E-state index in [9.17, 15) is 9.18 Å². The minimum atomic E-state index is -0.429. The fourth-order valence-corrected chi connectivity index (χ4v) is 2.30. The minimum absolute atomic E-state index is 0.218. The Morgan fingerprint density at radius 3 is 2.86 bits per heavy atom. The molecule has 5 heteroatoms. The number of hydrogen-bond acceptors (Lipinski definition) is 3. The number of benzene rings is 2. The molecule has 0 aromatic heterocycles. The van der Waals surface area contributed by atoms with Crippen molar-refractivity contribution in [2.75, 3.05) is 12.1 Å². The van der Waals surface area contributed by atoms with Crippen LogP contribution in [0.1, 0.15) is 17.5 Å². The molecule has 2 aromatic rings. The van der Waals surface area contributed by atoms with E-state index in [0.29, 0.717) is 12.2 Å². The summed E-state index contributed by atoms with van der Waals surface area (Å²) in [6.45, 7) is 2.08. The Morgan fingerprint density at radius 2 is 2.00 bits per heavy atom. The molecule has 1 aliphatic rings. The maximum atomic E-state index is 13.6. The fraction of sp³-hybridized carbons (Fsp3) is 0.235. The Hall–Kier alpha value is -2.56. The molecular weight excluding hydrogens is 285 g/mol. The van der Waals surface area contributed by atoms with Crippen LogP contribution in [0.3, 0.4) is 0 Å². The van der Waals surface area contributed by atoms with Crippen molar-refractivity contribution in [2.24, 2.45) is 0 Å². The van der Waals surface area contributed by atoms with Gasteiger partial charge >= 0.3 is 0 Å². The molecule has 1 aliphatic heterocycles. The van der Waals surface area contributed by atoms with Crippen molar-refractivity contribution in [2.45, 2.75) is 19.8 Å². The highest BCUT2D eigenvalue weighted by Crippen LogP contribution is 2.32. The summed E-state index contributed by atoms with van der Waals surface area (Å²) in [5.41, 5.74) is 2.09. The average molecular weight is 301 g/mol.